The molecule has 1 heterocycles. The predicted octanol–water partition coefficient (Wildman–Crippen LogP) is 3.34. The lowest BCUT2D eigenvalue weighted by Gasteiger charge is -2.05. The summed E-state index contributed by atoms with van der Waals surface area (Å²) in [5, 5.41) is 0. The maximum Gasteiger partial charge on any atom is 0.416 e. The number of carbonyl (C=O) groups is 1. The molecule has 2 aromatic rings. The molecule has 0 radical (unpaired) electrons. The van der Waals surface area contributed by atoms with Crippen LogP contribution in [0.3, 0.4) is 0 Å². The van der Waals surface area contributed by atoms with Crippen molar-refractivity contribution in [2.45, 2.75) is 12.7 Å². The molecule has 3 nitrogen and oxygen atoms in total. The van der Waals surface area contributed by atoms with Gasteiger partial charge in [-0.3, -0.25) is 4.79 Å². The summed E-state index contributed by atoms with van der Waals surface area (Å²) in [7, 11) is 0. The molecule has 0 unspecified atom stereocenters. The molecular weight excluding hydrogens is 307 g/mol. The molecule has 0 amide bonds. The fourth-order valence-electron chi connectivity index (χ4n) is 1.91. The number of halogens is 3. The Kier molecular flexibility index (Phi) is 5.51. The van der Waals surface area contributed by atoms with E-state index in [4.69, 9.17) is 0 Å². The van der Waals surface area contributed by atoms with E-state index >= 15 is 0 Å². The Morgan fingerprint density at radius 1 is 0.957 bits per heavy atom. The first-order valence-electron chi connectivity index (χ1n) is 6.89. The third-order valence-corrected chi connectivity index (χ3v) is 3.16. The van der Waals surface area contributed by atoms with E-state index in [2.05, 4.69) is 4.74 Å². The van der Waals surface area contributed by atoms with Crippen molar-refractivity contribution >= 4 is 18.6 Å². The molecule has 0 fully saturated rings. The molecule has 1 aromatic carbocycles. The second kappa shape index (κ2) is 7.58. The smallest absolute Gasteiger partial charge is 0.416 e. The lowest BCUT2D eigenvalue weighted by molar-refractivity contribution is -0.697. The average molecular weight is 322 g/mol. The molecule has 120 valence electrons. The molecule has 1 aromatic heterocycles. The predicted molar refractivity (Wildman–Crippen MR) is 79.0 cm³/mol. The molecule has 23 heavy (non-hydrogen) atoms. The summed E-state index contributed by atoms with van der Waals surface area (Å²) in [6.45, 7) is 1.26. The van der Waals surface area contributed by atoms with Gasteiger partial charge in [-0.1, -0.05) is 24.3 Å². The first kappa shape index (κ1) is 16.7. The highest BCUT2D eigenvalue weighted by atomic mass is 19.4. The van der Waals surface area contributed by atoms with E-state index in [1.165, 1.54) is 12.1 Å². The minimum Gasteiger partial charge on any atom is -0.461 e. The van der Waals surface area contributed by atoms with E-state index in [-0.39, 0.29) is 0 Å². The normalized spacial score (nSPS) is 11.6. The van der Waals surface area contributed by atoms with Crippen LogP contribution < -0.4 is 4.57 Å². The molecule has 0 aliphatic carbocycles. The number of alkyl halides is 3. The number of hydrogen-bond acceptors (Lipinski definition) is 2. The molecular formula is C17H15F3NO2+. The zero-order valence-electron chi connectivity index (χ0n) is 12.2. The van der Waals surface area contributed by atoms with E-state index in [0.29, 0.717) is 25.2 Å². The third kappa shape index (κ3) is 5.25. The van der Waals surface area contributed by atoms with Gasteiger partial charge in [-0.2, -0.15) is 13.2 Å². The maximum atomic E-state index is 12.5. The summed E-state index contributed by atoms with van der Waals surface area (Å²) in [5.41, 5.74) is 0.944. The number of pyridine rings is 1. The van der Waals surface area contributed by atoms with Gasteiger partial charge < -0.3 is 4.74 Å². The van der Waals surface area contributed by atoms with Crippen molar-refractivity contribution < 1.29 is 27.3 Å². The number of hydrogen-bond donors (Lipinski definition) is 0. The highest BCUT2D eigenvalue weighted by Gasteiger charge is 2.29. The van der Waals surface area contributed by atoms with Crippen LogP contribution in [0.25, 0.3) is 12.2 Å². The summed E-state index contributed by atoms with van der Waals surface area (Å²) in [6.07, 6.45) is 2.91. The monoisotopic (exact) mass is 322 g/mol. The van der Waals surface area contributed by atoms with Gasteiger partial charge in [0, 0.05) is 12.1 Å². The van der Waals surface area contributed by atoms with Crippen LogP contribution >= 0.6 is 0 Å². The summed E-state index contributed by atoms with van der Waals surface area (Å²) in [4.78, 5) is 10.0. The minimum atomic E-state index is -4.32. The lowest BCUT2D eigenvalue weighted by atomic mass is 10.1. The first-order valence-corrected chi connectivity index (χ1v) is 6.89. The summed E-state index contributed by atoms with van der Waals surface area (Å²) in [6, 6.07) is 8.71. The van der Waals surface area contributed by atoms with E-state index in [0.717, 1.165) is 17.7 Å². The Morgan fingerprint density at radius 2 is 1.52 bits per heavy atom. The summed E-state index contributed by atoms with van der Waals surface area (Å²) in [5.74, 6) is 0. The Morgan fingerprint density at radius 3 is 2.04 bits per heavy atom. The number of carbonyl (C=O) groups excluding carboxylic acids is 1. The van der Waals surface area contributed by atoms with E-state index in [1.54, 1.807) is 6.08 Å². The van der Waals surface area contributed by atoms with Gasteiger partial charge in [-0.15, -0.1) is 0 Å². The van der Waals surface area contributed by atoms with Crippen LogP contribution in [-0.4, -0.2) is 13.1 Å². The van der Waals surface area contributed by atoms with Gasteiger partial charge in [0.1, 0.15) is 6.61 Å². The Balaban J connectivity index is 1.98. The second-order valence-electron chi connectivity index (χ2n) is 4.79. The number of nitrogens with zero attached hydrogens (tertiary/aromatic N) is 1. The third-order valence-electron chi connectivity index (χ3n) is 3.16. The van der Waals surface area contributed by atoms with Crippen LogP contribution in [0.4, 0.5) is 13.2 Å². The molecule has 0 saturated heterocycles. The van der Waals surface area contributed by atoms with Crippen molar-refractivity contribution in [3.63, 3.8) is 0 Å². The van der Waals surface area contributed by atoms with Gasteiger partial charge >= 0.3 is 6.18 Å². The van der Waals surface area contributed by atoms with Crippen LogP contribution in [0.5, 0.6) is 0 Å². The zero-order valence-corrected chi connectivity index (χ0v) is 12.2. The fraction of sp³-hybridized carbons (Fsp3) is 0.176. The number of benzene rings is 1. The summed E-state index contributed by atoms with van der Waals surface area (Å²) >= 11 is 0. The summed E-state index contributed by atoms with van der Waals surface area (Å²) < 4.78 is 43.9. The number of ether oxygens (including phenoxy) is 1. The van der Waals surface area contributed by atoms with Crippen molar-refractivity contribution in [2.24, 2.45) is 0 Å². The lowest BCUT2D eigenvalue weighted by Crippen LogP contribution is -2.34. The van der Waals surface area contributed by atoms with E-state index in [9.17, 15) is 18.0 Å². The SMILES string of the molecule is O=COCC[n+]1ccc(C=Cc2ccc(C(F)(F)F)cc2)cc1. The topological polar surface area (TPSA) is 30.2 Å². The van der Waals surface area contributed by atoms with Gasteiger partial charge in [0.15, 0.2) is 18.9 Å². The van der Waals surface area contributed by atoms with Gasteiger partial charge in [0.05, 0.1) is 5.56 Å². The Bertz CT molecular complexity index is 662. The maximum absolute atomic E-state index is 12.5. The average Bonchev–Trinajstić information content (AvgIpc) is 2.54. The molecule has 0 aliphatic heterocycles. The van der Waals surface area contributed by atoms with Crippen molar-refractivity contribution in [1.82, 2.24) is 0 Å². The van der Waals surface area contributed by atoms with Crippen LogP contribution in [0.15, 0.2) is 48.8 Å². The Labute approximate surface area is 131 Å². The molecule has 0 spiro atoms. The molecule has 0 aliphatic rings. The first-order chi connectivity index (χ1) is 11.0. The van der Waals surface area contributed by atoms with Crippen LogP contribution in [0, 0.1) is 0 Å². The highest BCUT2D eigenvalue weighted by molar-refractivity contribution is 5.69. The van der Waals surface area contributed by atoms with Gasteiger partial charge in [0.25, 0.3) is 6.47 Å². The highest BCUT2D eigenvalue weighted by Crippen LogP contribution is 2.29. The standard InChI is InChI=1S/C17H15F3NO2/c18-17(19,20)16-5-3-14(4-6-16)1-2-15-7-9-21(10-8-15)11-12-23-13-22/h1-10,13H,11-12H2/q+1. The van der Waals surface area contributed by atoms with Crippen LogP contribution in [0.2, 0.25) is 0 Å². The molecule has 6 heteroatoms. The fourth-order valence-corrected chi connectivity index (χ4v) is 1.91. The van der Waals surface area contributed by atoms with Crippen LogP contribution in [-0.2, 0) is 22.3 Å². The molecule has 2 rings (SSSR count). The van der Waals surface area contributed by atoms with Gasteiger partial charge in [-0.05, 0) is 23.3 Å². The van der Waals surface area contributed by atoms with E-state index < -0.39 is 11.7 Å². The number of rotatable bonds is 6. The molecule has 0 bridgehead atoms. The molecule has 0 atom stereocenters. The quantitative estimate of drug-likeness (QED) is 0.464. The zero-order chi connectivity index (χ0) is 16.7. The minimum absolute atomic E-state index is 0.301. The van der Waals surface area contributed by atoms with Crippen molar-refractivity contribution in [1.29, 1.82) is 0 Å². The molecule has 0 N–H and O–H groups in total. The largest absolute Gasteiger partial charge is 0.461 e. The number of aromatic nitrogens is 1. The van der Waals surface area contributed by atoms with Crippen molar-refractivity contribution in [3.8, 4) is 0 Å². The van der Waals surface area contributed by atoms with Crippen molar-refractivity contribution in [3.05, 3.63) is 65.5 Å². The van der Waals surface area contributed by atoms with Gasteiger partial charge in [-0.25, -0.2) is 4.57 Å². The van der Waals surface area contributed by atoms with Crippen molar-refractivity contribution in [2.75, 3.05) is 6.61 Å². The second-order valence-corrected chi connectivity index (χ2v) is 4.79. The van der Waals surface area contributed by atoms with E-state index in [1.807, 2.05) is 35.2 Å². The Hall–Kier alpha value is -2.63. The molecule has 0 saturated carbocycles. The van der Waals surface area contributed by atoms with Gasteiger partial charge in [0.2, 0.25) is 0 Å². The van der Waals surface area contributed by atoms with Crippen LogP contribution in [0.1, 0.15) is 16.7 Å².